The molecule has 1 aliphatic rings. The summed E-state index contributed by atoms with van der Waals surface area (Å²) in [7, 11) is 4.37. The van der Waals surface area contributed by atoms with Crippen LogP contribution in [0.3, 0.4) is 0 Å². The molecular weight excluding hydrogens is 220 g/mol. The van der Waals surface area contributed by atoms with E-state index in [0.29, 0.717) is 12.0 Å². The third-order valence-electron chi connectivity index (χ3n) is 4.28. The van der Waals surface area contributed by atoms with Crippen LogP contribution in [0.25, 0.3) is 0 Å². The van der Waals surface area contributed by atoms with E-state index in [9.17, 15) is 0 Å². The Morgan fingerprint density at radius 3 is 2.11 bits per heavy atom. The van der Waals surface area contributed by atoms with E-state index in [0.717, 1.165) is 19.0 Å². The van der Waals surface area contributed by atoms with Gasteiger partial charge in [0.2, 0.25) is 0 Å². The van der Waals surface area contributed by atoms with Gasteiger partial charge in [0.15, 0.2) is 0 Å². The van der Waals surface area contributed by atoms with E-state index in [-0.39, 0.29) is 0 Å². The summed E-state index contributed by atoms with van der Waals surface area (Å²) in [6.07, 6.45) is 1.21. The molecule has 2 rings (SSSR count). The van der Waals surface area contributed by atoms with E-state index in [1.807, 2.05) is 0 Å². The van der Waals surface area contributed by atoms with E-state index < -0.39 is 0 Å². The van der Waals surface area contributed by atoms with Gasteiger partial charge in [-0.25, -0.2) is 0 Å². The SMILES string of the molecule is CCC(C)c1ccc(C(C2CNC2)N(C)C)cc1. The Morgan fingerprint density at radius 1 is 1.17 bits per heavy atom. The summed E-state index contributed by atoms with van der Waals surface area (Å²) in [4.78, 5) is 2.35. The van der Waals surface area contributed by atoms with Gasteiger partial charge >= 0.3 is 0 Å². The van der Waals surface area contributed by atoms with Crippen LogP contribution in [0, 0.1) is 5.92 Å². The van der Waals surface area contributed by atoms with Crippen LogP contribution in [0.15, 0.2) is 24.3 Å². The summed E-state index contributed by atoms with van der Waals surface area (Å²) in [6.45, 7) is 6.85. The average molecular weight is 246 g/mol. The van der Waals surface area contributed by atoms with Crippen molar-refractivity contribution in [2.45, 2.75) is 32.2 Å². The van der Waals surface area contributed by atoms with Gasteiger partial charge < -0.3 is 10.2 Å². The van der Waals surface area contributed by atoms with Gasteiger partial charge in [0.25, 0.3) is 0 Å². The van der Waals surface area contributed by atoms with Gasteiger partial charge in [-0.3, -0.25) is 0 Å². The van der Waals surface area contributed by atoms with E-state index in [1.165, 1.54) is 17.5 Å². The number of nitrogens with one attached hydrogen (secondary N) is 1. The summed E-state index contributed by atoms with van der Waals surface area (Å²) in [5, 5.41) is 3.38. The first-order valence-corrected chi connectivity index (χ1v) is 7.10. The molecular formula is C16H26N2. The minimum atomic E-state index is 0.553. The first-order valence-electron chi connectivity index (χ1n) is 7.10. The zero-order chi connectivity index (χ0) is 13.1. The molecule has 2 atom stereocenters. The molecule has 0 amide bonds. The second-order valence-electron chi connectivity index (χ2n) is 5.80. The maximum atomic E-state index is 3.38. The molecule has 100 valence electrons. The van der Waals surface area contributed by atoms with Gasteiger partial charge in [-0.1, -0.05) is 38.1 Å². The number of benzene rings is 1. The van der Waals surface area contributed by atoms with Crippen LogP contribution in [-0.4, -0.2) is 32.1 Å². The van der Waals surface area contributed by atoms with Gasteiger partial charge in [-0.2, -0.15) is 0 Å². The van der Waals surface area contributed by atoms with Crippen LogP contribution in [0.4, 0.5) is 0 Å². The predicted octanol–water partition coefficient (Wildman–Crippen LogP) is 3.02. The average Bonchev–Trinajstić information content (AvgIpc) is 2.32. The minimum absolute atomic E-state index is 0.553. The van der Waals surface area contributed by atoms with Crippen molar-refractivity contribution >= 4 is 0 Å². The van der Waals surface area contributed by atoms with Crippen LogP contribution < -0.4 is 5.32 Å². The lowest BCUT2D eigenvalue weighted by Crippen LogP contribution is -2.48. The number of rotatable bonds is 5. The second kappa shape index (κ2) is 5.85. The van der Waals surface area contributed by atoms with Gasteiger partial charge in [0.1, 0.15) is 0 Å². The Bertz CT molecular complexity index is 365. The molecule has 1 N–H and O–H groups in total. The summed E-state index contributed by atoms with van der Waals surface area (Å²) in [5.41, 5.74) is 2.92. The van der Waals surface area contributed by atoms with Crippen LogP contribution in [0.2, 0.25) is 0 Å². The largest absolute Gasteiger partial charge is 0.316 e. The summed E-state index contributed by atoms with van der Waals surface area (Å²) >= 11 is 0. The highest BCUT2D eigenvalue weighted by Gasteiger charge is 2.29. The summed E-state index contributed by atoms with van der Waals surface area (Å²) in [6, 6.07) is 9.82. The minimum Gasteiger partial charge on any atom is -0.316 e. The third kappa shape index (κ3) is 2.76. The van der Waals surface area contributed by atoms with E-state index >= 15 is 0 Å². The lowest BCUT2D eigenvalue weighted by Gasteiger charge is -2.39. The molecule has 18 heavy (non-hydrogen) atoms. The fraction of sp³-hybridized carbons (Fsp3) is 0.625. The van der Waals surface area contributed by atoms with E-state index in [2.05, 4.69) is 62.4 Å². The van der Waals surface area contributed by atoms with Crippen LogP contribution in [0.1, 0.15) is 43.4 Å². The Hall–Kier alpha value is -0.860. The Morgan fingerprint density at radius 2 is 1.72 bits per heavy atom. The van der Waals surface area contributed by atoms with Gasteiger partial charge in [-0.05, 0) is 37.6 Å². The highest BCUT2D eigenvalue weighted by atomic mass is 15.1. The highest BCUT2D eigenvalue weighted by Crippen LogP contribution is 2.30. The second-order valence-corrected chi connectivity index (χ2v) is 5.80. The normalized spacial score (nSPS) is 19.6. The number of nitrogens with zero attached hydrogens (tertiary/aromatic N) is 1. The lowest BCUT2D eigenvalue weighted by molar-refractivity contribution is 0.161. The molecule has 1 aromatic carbocycles. The fourth-order valence-electron chi connectivity index (χ4n) is 2.78. The molecule has 1 heterocycles. The number of hydrogen-bond donors (Lipinski definition) is 1. The zero-order valence-electron chi connectivity index (χ0n) is 12.1. The van der Waals surface area contributed by atoms with Gasteiger partial charge in [-0.15, -0.1) is 0 Å². The molecule has 0 spiro atoms. The number of hydrogen-bond acceptors (Lipinski definition) is 2. The predicted molar refractivity (Wildman–Crippen MR) is 77.9 cm³/mol. The molecule has 0 radical (unpaired) electrons. The molecule has 0 bridgehead atoms. The van der Waals surface area contributed by atoms with Crippen molar-refractivity contribution in [2.75, 3.05) is 27.2 Å². The molecule has 2 nitrogen and oxygen atoms in total. The third-order valence-corrected chi connectivity index (χ3v) is 4.28. The van der Waals surface area contributed by atoms with Crippen molar-refractivity contribution in [3.63, 3.8) is 0 Å². The van der Waals surface area contributed by atoms with Crippen molar-refractivity contribution in [3.8, 4) is 0 Å². The van der Waals surface area contributed by atoms with Crippen LogP contribution in [0.5, 0.6) is 0 Å². The zero-order valence-corrected chi connectivity index (χ0v) is 12.1. The first-order chi connectivity index (χ1) is 8.63. The lowest BCUT2D eigenvalue weighted by atomic mass is 9.86. The quantitative estimate of drug-likeness (QED) is 0.859. The molecule has 0 aliphatic carbocycles. The monoisotopic (exact) mass is 246 g/mol. The maximum Gasteiger partial charge on any atom is 0.0394 e. The topological polar surface area (TPSA) is 15.3 Å². The standard InChI is InChI=1S/C16H26N2/c1-5-12(2)13-6-8-14(9-7-13)16(18(3)4)15-10-17-11-15/h6-9,12,15-17H,5,10-11H2,1-4H3. The first kappa shape index (κ1) is 13.6. The molecule has 1 aliphatic heterocycles. The molecule has 2 heteroatoms. The van der Waals surface area contributed by atoms with Crippen LogP contribution >= 0.6 is 0 Å². The Kier molecular flexibility index (Phi) is 4.41. The molecule has 0 saturated carbocycles. The van der Waals surface area contributed by atoms with Crippen molar-refractivity contribution in [3.05, 3.63) is 35.4 Å². The highest BCUT2D eigenvalue weighted by molar-refractivity contribution is 5.28. The Labute approximate surface area is 111 Å². The summed E-state index contributed by atoms with van der Waals surface area (Å²) in [5.74, 6) is 1.43. The maximum absolute atomic E-state index is 3.38. The fourth-order valence-corrected chi connectivity index (χ4v) is 2.78. The molecule has 1 fully saturated rings. The Balaban J connectivity index is 2.15. The molecule has 0 aromatic heterocycles. The molecule has 1 aromatic rings. The van der Waals surface area contributed by atoms with Crippen molar-refractivity contribution < 1.29 is 0 Å². The van der Waals surface area contributed by atoms with Crippen molar-refractivity contribution in [1.82, 2.24) is 10.2 Å². The summed E-state index contributed by atoms with van der Waals surface area (Å²) < 4.78 is 0. The van der Waals surface area contributed by atoms with Crippen LogP contribution in [-0.2, 0) is 0 Å². The molecule has 2 unspecified atom stereocenters. The molecule has 1 saturated heterocycles. The van der Waals surface area contributed by atoms with Crippen molar-refractivity contribution in [2.24, 2.45) is 5.92 Å². The van der Waals surface area contributed by atoms with Gasteiger partial charge in [0.05, 0.1) is 0 Å². The van der Waals surface area contributed by atoms with E-state index in [1.54, 1.807) is 0 Å². The van der Waals surface area contributed by atoms with E-state index in [4.69, 9.17) is 0 Å². The van der Waals surface area contributed by atoms with Crippen molar-refractivity contribution in [1.29, 1.82) is 0 Å². The smallest absolute Gasteiger partial charge is 0.0394 e. The van der Waals surface area contributed by atoms with Gasteiger partial charge in [0, 0.05) is 25.0 Å².